The van der Waals surface area contributed by atoms with Crippen LogP contribution in [0.4, 0.5) is 5.69 Å². The third-order valence-corrected chi connectivity index (χ3v) is 6.45. The number of nitriles is 1. The van der Waals surface area contributed by atoms with Crippen molar-refractivity contribution in [3.05, 3.63) is 71.3 Å². The van der Waals surface area contributed by atoms with Gasteiger partial charge in [0.15, 0.2) is 0 Å². The lowest BCUT2D eigenvalue weighted by Crippen LogP contribution is -2.24. The SMILES string of the molecule is CN(Cc1ccc(C#N)cc1)C(=O)/C=C/c1ccc(N2CCCS2(=O)=O)cc1. The van der Waals surface area contributed by atoms with E-state index >= 15 is 0 Å². The van der Waals surface area contributed by atoms with Crippen LogP contribution in [-0.2, 0) is 21.4 Å². The van der Waals surface area contributed by atoms with E-state index in [1.54, 1.807) is 54.4 Å². The molecule has 1 fully saturated rings. The van der Waals surface area contributed by atoms with E-state index in [1.807, 2.05) is 12.1 Å². The highest BCUT2D eigenvalue weighted by molar-refractivity contribution is 7.93. The van der Waals surface area contributed by atoms with E-state index in [-0.39, 0.29) is 11.7 Å². The van der Waals surface area contributed by atoms with Gasteiger partial charge in [0.1, 0.15) is 0 Å². The molecule has 2 aromatic carbocycles. The van der Waals surface area contributed by atoms with E-state index < -0.39 is 10.0 Å². The highest BCUT2D eigenvalue weighted by Crippen LogP contribution is 2.24. The van der Waals surface area contributed by atoms with Gasteiger partial charge in [-0.15, -0.1) is 0 Å². The number of hydrogen-bond acceptors (Lipinski definition) is 4. The number of anilines is 1. The van der Waals surface area contributed by atoms with Crippen LogP contribution >= 0.6 is 0 Å². The van der Waals surface area contributed by atoms with Gasteiger partial charge in [-0.05, 0) is 47.9 Å². The summed E-state index contributed by atoms with van der Waals surface area (Å²) in [4.78, 5) is 13.9. The molecule has 1 aliphatic rings. The first-order chi connectivity index (χ1) is 13.4. The largest absolute Gasteiger partial charge is 0.338 e. The number of rotatable bonds is 5. The van der Waals surface area contributed by atoms with Crippen molar-refractivity contribution in [1.29, 1.82) is 5.26 Å². The van der Waals surface area contributed by atoms with Crippen LogP contribution in [0.2, 0.25) is 0 Å². The molecule has 1 amide bonds. The number of likely N-dealkylation sites (N-methyl/N-ethyl adjacent to an activating group) is 1. The maximum absolute atomic E-state index is 12.3. The molecule has 0 aromatic heterocycles. The highest BCUT2D eigenvalue weighted by Gasteiger charge is 2.28. The molecule has 0 aliphatic carbocycles. The summed E-state index contributed by atoms with van der Waals surface area (Å²) in [6.07, 6.45) is 3.84. The number of benzene rings is 2. The van der Waals surface area contributed by atoms with Crippen LogP contribution in [0.15, 0.2) is 54.6 Å². The summed E-state index contributed by atoms with van der Waals surface area (Å²) in [7, 11) is -1.47. The molecular weight excluding hydrogens is 374 g/mol. The van der Waals surface area contributed by atoms with Gasteiger partial charge < -0.3 is 4.90 Å². The molecule has 0 bridgehead atoms. The van der Waals surface area contributed by atoms with Gasteiger partial charge in [0.25, 0.3) is 0 Å². The van der Waals surface area contributed by atoms with Gasteiger partial charge in [-0.2, -0.15) is 5.26 Å². The first-order valence-corrected chi connectivity index (χ1v) is 10.5. The minimum absolute atomic E-state index is 0.143. The smallest absolute Gasteiger partial charge is 0.246 e. The van der Waals surface area contributed by atoms with Crippen LogP contribution < -0.4 is 4.31 Å². The molecule has 1 heterocycles. The molecule has 144 valence electrons. The Balaban J connectivity index is 1.61. The first-order valence-electron chi connectivity index (χ1n) is 8.92. The Morgan fingerprint density at radius 2 is 1.86 bits per heavy atom. The molecule has 0 spiro atoms. The van der Waals surface area contributed by atoms with Gasteiger partial charge in [0.05, 0.1) is 23.1 Å². The molecule has 28 heavy (non-hydrogen) atoms. The second-order valence-corrected chi connectivity index (χ2v) is 8.68. The monoisotopic (exact) mass is 395 g/mol. The Labute approximate surface area is 165 Å². The number of sulfonamides is 1. The van der Waals surface area contributed by atoms with E-state index in [4.69, 9.17) is 5.26 Å². The molecule has 2 aromatic rings. The molecule has 1 saturated heterocycles. The minimum Gasteiger partial charge on any atom is -0.338 e. The summed E-state index contributed by atoms with van der Waals surface area (Å²) in [5, 5.41) is 8.83. The Morgan fingerprint density at radius 3 is 2.43 bits per heavy atom. The summed E-state index contributed by atoms with van der Waals surface area (Å²) in [6.45, 7) is 0.955. The van der Waals surface area contributed by atoms with Gasteiger partial charge in [-0.3, -0.25) is 9.10 Å². The van der Waals surface area contributed by atoms with E-state index in [0.717, 1.165) is 11.1 Å². The normalized spacial score (nSPS) is 15.5. The zero-order valence-electron chi connectivity index (χ0n) is 15.6. The van der Waals surface area contributed by atoms with E-state index in [0.29, 0.717) is 30.8 Å². The quantitative estimate of drug-likeness (QED) is 0.729. The molecule has 0 N–H and O–H groups in total. The van der Waals surface area contributed by atoms with Crippen LogP contribution in [0.1, 0.15) is 23.1 Å². The predicted molar refractivity (Wildman–Crippen MR) is 109 cm³/mol. The third kappa shape index (κ3) is 4.59. The van der Waals surface area contributed by atoms with Crippen molar-refractivity contribution in [2.75, 3.05) is 23.7 Å². The topological polar surface area (TPSA) is 81.5 Å². The lowest BCUT2D eigenvalue weighted by atomic mass is 10.1. The zero-order valence-corrected chi connectivity index (χ0v) is 16.4. The van der Waals surface area contributed by atoms with E-state index in [9.17, 15) is 13.2 Å². The van der Waals surface area contributed by atoms with Crippen molar-refractivity contribution < 1.29 is 13.2 Å². The molecule has 7 heteroatoms. The van der Waals surface area contributed by atoms with Gasteiger partial charge in [-0.25, -0.2) is 8.42 Å². The number of carbonyl (C=O) groups is 1. The van der Waals surface area contributed by atoms with Crippen molar-refractivity contribution in [2.45, 2.75) is 13.0 Å². The second-order valence-electron chi connectivity index (χ2n) is 6.67. The van der Waals surface area contributed by atoms with Crippen LogP contribution in [0.5, 0.6) is 0 Å². The fourth-order valence-corrected chi connectivity index (χ4v) is 4.58. The van der Waals surface area contributed by atoms with E-state index in [2.05, 4.69) is 6.07 Å². The second kappa shape index (κ2) is 8.28. The Kier molecular flexibility index (Phi) is 5.81. The average molecular weight is 395 g/mol. The van der Waals surface area contributed by atoms with Crippen molar-refractivity contribution in [1.82, 2.24) is 4.90 Å². The van der Waals surface area contributed by atoms with Crippen molar-refractivity contribution in [2.24, 2.45) is 0 Å². The maximum atomic E-state index is 12.3. The van der Waals surface area contributed by atoms with Gasteiger partial charge in [0, 0.05) is 26.2 Å². The molecule has 0 saturated carbocycles. The third-order valence-electron chi connectivity index (χ3n) is 4.58. The average Bonchev–Trinajstić information content (AvgIpc) is 3.06. The van der Waals surface area contributed by atoms with Gasteiger partial charge in [-0.1, -0.05) is 24.3 Å². The molecule has 1 aliphatic heterocycles. The fraction of sp³-hybridized carbons (Fsp3) is 0.238. The molecule has 0 radical (unpaired) electrons. The van der Waals surface area contributed by atoms with Crippen LogP contribution in [-0.4, -0.2) is 38.6 Å². The molecular formula is C21H21N3O3S. The maximum Gasteiger partial charge on any atom is 0.246 e. The number of nitrogens with zero attached hydrogens (tertiary/aromatic N) is 3. The van der Waals surface area contributed by atoms with Crippen LogP contribution in [0, 0.1) is 11.3 Å². The van der Waals surface area contributed by atoms with Crippen molar-refractivity contribution in [3.8, 4) is 6.07 Å². The molecule has 3 rings (SSSR count). The van der Waals surface area contributed by atoms with Gasteiger partial charge >= 0.3 is 0 Å². The molecule has 0 unspecified atom stereocenters. The minimum atomic E-state index is -3.19. The van der Waals surface area contributed by atoms with Crippen molar-refractivity contribution >= 4 is 27.7 Å². The summed E-state index contributed by atoms with van der Waals surface area (Å²) >= 11 is 0. The molecule has 6 nitrogen and oxygen atoms in total. The van der Waals surface area contributed by atoms with Gasteiger partial charge in [0.2, 0.25) is 15.9 Å². The van der Waals surface area contributed by atoms with E-state index in [1.165, 1.54) is 10.4 Å². The highest BCUT2D eigenvalue weighted by atomic mass is 32.2. The van der Waals surface area contributed by atoms with Crippen LogP contribution in [0.25, 0.3) is 6.08 Å². The zero-order chi connectivity index (χ0) is 20.1. The van der Waals surface area contributed by atoms with Crippen LogP contribution in [0.3, 0.4) is 0 Å². The Bertz CT molecular complexity index is 1020. The summed E-state index contributed by atoms with van der Waals surface area (Å²) in [5.74, 6) is 0.0462. The molecule has 0 atom stereocenters. The lowest BCUT2D eigenvalue weighted by molar-refractivity contribution is -0.125. The summed E-state index contributed by atoms with van der Waals surface area (Å²) in [5.41, 5.74) is 3.00. The van der Waals surface area contributed by atoms with Crippen molar-refractivity contribution in [3.63, 3.8) is 0 Å². The standard InChI is InChI=1S/C21H21N3O3S/c1-23(16-19-5-3-18(15-22)4-6-19)21(25)12-9-17-7-10-20(11-8-17)24-13-2-14-28(24,26)27/h3-12H,2,13-14,16H2,1H3/b12-9+. The Hall–Kier alpha value is -3.11. The first kappa shape index (κ1) is 19.6. The fourth-order valence-electron chi connectivity index (χ4n) is 3.01. The lowest BCUT2D eigenvalue weighted by Gasteiger charge is -2.17. The number of carbonyl (C=O) groups excluding carboxylic acids is 1. The Morgan fingerprint density at radius 1 is 1.18 bits per heavy atom. The number of amides is 1. The summed E-state index contributed by atoms with van der Waals surface area (Å²) < 4.78 is 25.4. The number of hydrogen-bond donors (Lipinski definition) is 0. The summed E-state index contributed by atoms with van der Waals surface area (Å²) in [6, 6.07) is 16.3. The predicted octanol–water partition coefficient (Wildman–Crippen LogP) is 2.77.